The second kappa shape index (κ2) is 9.44. The summed E-state index contributed by atoms with van der Waals surface area (Å²) >= 11 is 3.44. The number of amides is 2. The van der Waals surface area contributed by atoms with Crippen molar-refractivity contribution in [1.29, 1.82) is 0 Å². The standard InChI is InChI=1S/C20H29BrN2O4/c1-14-6-5-8-23(13-14)18(24)15-10-16(21)12-17(11-15)26-9-7-22-19(25)27-20(2,3)4/h10-12,14H,5-9,13H2,1-4H3,(H,22,25). The monoisotopic (exact) mass is 440 g/mol. The zero-order chi connectivity index (χ0) is 20.0. The fourth-order valence-electron chi connectivity index (χ4n) is 2.96. The van der Waals surface area contributed by atoms with Crippen molar-refractivity contribution < 1.29 is 19.1 Å². The third-order valence-corrected chi connectivity index (χ3v) is 4.56. The summed E-state index contributed by atoms with van der Waals surface area (Å²) in [6.07, 6.45) is 1.73. The van der Waals surface area contributed by atoms with Gasteiger partial charge in [0.05, 0.1) is 6.54 Å². The zero-order valence-corrected chi connectivity index (χ0v) is 18.1. The first-order valence-corrected chi connectivity index (χ1v) is 10.1. The molecule has 0 spiro atoms. The fourth-order valence-corrected chi connectivity index (χ4v) is 3.43. The predicted octanol–water partition coefficient (Wildman–Crippen LogP) is 4.22. The van der Waals surface area contributed by atoms with E-state index < -0.39 is 11.7 Å². The van der Waals surface area contributed by atoms with Crippen LogP contribution in [0.15, 0.2) is 22.7 Å². The summed E-state index contributed by atoms with van der Waals surface area (Å²) in [4.78, 5) is 26.3. The van der Waals surface area contributed by atoms with Gasteiger partial charge in [-0.1, -0.05) is 22.9 Å². The van der Waals surface area contributed by atoms with Crippen molar-refractivity contribution in [3.63, 3.8) is 0 Å². The highest BCUT2D eigenvalue weighted by Gasteiger charge is 2.22. The molecular formula is C20H29BrN2O4. The fraction of sp³-hybridized carbons (Fsp3) is 0.600. The average molecular weight is 441 g/mol. The van der Waals surface area contributed by atoms with Gasteiger partial charge < -0.3 is 19.7 Å². The third kappa shape index (κ3) is 7.40. The largest absolute Gasteiger partial charge is 0.492 e. The number of carbonyl (C=O) groups excluding carboxylic acids is 2. The molecule has 0 radical (unpaired) electrons. The summed E-state index contributed by atoms with van der Waals surface area (Å²) < 4.78 is 11.7. The lowest BCUT2D eigenvalue weighted by Crippen LogP contribution is -2.39. The molecule has 2 amide bonds. The van der Waals surface area contributed by atoms with Gasteiger partial charge in [-0.15, -0.1) is 0 Å². The van der Waals surface area contributed by atoms with Crippen molar-refractivity contribution in [1.82, 2.24) is 10.2 Å². The van der Waals surface area contributed by atoms with Crippen LogP contribution in [-0.4, -0.2) is 48.7 Å². The smallest absolute Gasteiger partial charge is 0.407 e. The molecule has 1 saturated heterocycles. The van der Waals surface area contributed by atoms with E-state index in [0.717, 1.165) is 24.0 Å². The van der Waals surface area contributed by atoms with Gasteiger partial charge in [-0.2, -0.15) is 0 Å². The van der Waals surface area contributed by atoms with Crippen LogP contribution in [0.4, 0.5) is 4.79 Å². The van der Waals surface area contributed by atoms with E-state index >= 15 is 0 Å². The summed E-state index contributed by atoms with van der Waals surface area (Å²) in [5.74, 6) is 1.15. The second-order valence-electron chi connectivity index (χ2n) is 7.95. The molecule has 0 aliphatic carbocycles. The molecule has 0 saturated carbocycles. The normalized spacial score (nSPS) is 17.4. The summed E-state index contributed by atoms with van der Waals surface area (Å²) in [6.45, 7) is 9.79. The Kier molecular flexibility index (Phi) is 7.53. The van der Waals surface area contributed by atoms with Crippen LogP contribution in [0.3, 0.4) is 0 Å². The van der Waals surface area contributed by atoms with E-state index in [-0.39, 0.29) is 12.5 Å². The average Bonchev–Trinajstić information content (AvgIpc) is 2.56. The van der Waals surface area contributed by atoms with E-state index in [9.17, 15) is 9.59 Å². The van der Waals surface area contributed by atoms with E-state index in [1.807, 2.05) is 37.8 Å². The van der Waals surface area contributed by atoms with Gasteiger partial charge in [-0.3, -0.25) is 4.79 Å². The minimum Gasteiger partial charge on any atom is -0.492 e. The van der Waals surface area contributed by atoms with Crippen molar-refractivity contribution in [3.05, 3.63) is 28.2 Å². The number of alkyl carbamates (subject to hydrolysis) is 1. The number of ether oxygens (including phenoxy) is 2. The van der Waals surface area contributed by atoms with Gasteiger partial charge in [0, 0.05) is 23.1 Å². The molecule has 1 atom stereocenters. The molecule has 1 aliphatic heterocycles. The quantitative estimate of drug-likeness (QED) is 0.695. The number of nitrogens with one attached hydrogen (secondary N) is 1. The maximum atomic E-state index is 12.8. The Morgan fingerprint density at radius 2 is 2.04 bits per heavy atom. The number of likely N-dealkylation sites (tertiary alicyclic amines) is 1. The molecule has 0 aromatic heterocycles. The number of carbonyl (C=O) groups is 2. The topological polar surface area (TPSA) is 67.9 Å². The Morgan fingerprint density at radius 3 is 2.70 bits per heavy atom. The first-order valence-electron chi connectivity index (χ1n) is 9.33. The number of hydrogen-bond acceptors (Lipinski definition) is 4. The number of hydrogen-bond donors (Lipinski definition) is 1. The SMILES string of the molecule is CC1CCCN(C(=O)c2cc(Br)cc(OCCNC(=O)OC(C)(C)C)c2)C1. The number of halogens is 1. The Morgan fingerprint density at radius 1 is 1.30 bits per heavy atom. The van der Waals surface area contributed by atoms with Crippen molar-refractivity contribution in [3.8, 4) is 5.75 Å². The molecule has 1 heterocycles. The van der Waals surface area contributed by atoms with Crippen LogP contribution in [0.5, 0.6) is 5.75 Å². The number of piperidine rings is 1. The van der Waals surface area contributed by atoms with Crippen molar-refractivity contribution >= 4 is 27.9 Å². The lowest BCUT2D eigenvalue weighted by Gasteiger charge is -2.31. The highest BCUT2D eigenvalue weighted by molar-refractivity contribution is 9.10. The molecule has 1 aromatic carbocycles. The van der Waals surface area contributed by atoms with Gasteiger partial charge in [-0.25, -0.2) is 4.79 Å². The molecule has 1 unspecified atom stereocenters. The highest BCUT2D eigenvalue weighted by Crippen LogP contribution is 2.24. The van der Waals surface area contributed by atoms with Crippen molar-refractivity contribution in [2.45, 2.75) is 46.1 Å². The predicted molar refractivity (Wildman–Crippen MR) is 108 cm³/mol. The lowest BCUT2D eigenvalue weighted by molar-refractivity contribution is 0.0520. The maximum absolute atomic E-state index is 12.8. The van der Waals surface area contributed by atoms with Crippen LogP contribution in [0.25, 0.3) is 0 Å². The molecule has 1 aromatic rings. The maximum Gasteiger partial charge on any atom is 0.407 e. The zero-order valence-electron chi connectivity index (χ0n) is 16.5. The first kappa shape index (κ1) is 21.5. The van der Waals surface area contributed by atoms with Crippen LogP contribution in [0.2, 0.25) is 0 Å². The molecule has 7 heteroatoms. The second-order valence-corrected chi connectivity index (χ2v) is 8.87. The first-order chi connectivity index (χ1) is 12.6. The molecule has 0 bridgehead atoms. The minimum atomic E-state index is -0.531. The van der Waals surface area contributed by atoms with Crippen molar-refractivity contribution in [2.24, 2.45) is 5.92 Å². The molecule has 27 heavy (non-hydrogen) atoms. The highest BCUT2D eigenvalue weighted by atomic mass is 79.9. The van der Waals surface area contributed by atoms with Crippen molar-refractivity contribution in [2.75, 3.05) is 26.2 Å². The Balaban J connectivity index is 1.89. The summed E-state index contributed by atoms with van der Waals surface area (Å²) in [7, 11) is 0. The number of rotatable bonds is 5. The van der Waals surface area contributed by atoms with Gasteiger partial charge in [0.15, 0.2) is 0 Å². The van der Waals surface area contributed by atoms with E-state index in [4.69, 9.17) is 9.47 Å². The van der Waals surface area contributed by atoms with Crippen LogP contribution >= 0.6 is 15.9 Å². The van der Waals surface area contributed by atoms with Gasteiger partial charge in [0.1, 0.15) is 18.0 Å². The third-order valence-electron chi connectivity index (χ3n) is 4.10. The van der Waals surface area contributed by atoms with E-state index in [0.29, 0.717) is 23.8 Å². The van der Waals surface area contributed by atoms with Gasteiger partial charge in [0.2, 0.25) is 0 Å². The summed E-state index contributed by atoms with van der Waals surface area (Å²) in [5, 5.41) is 2.64. The minimum absolute atomic E-state index is 0.0274. The van der Waals surface area contributed by atoms with Gasteiger partial charge in [-0.05, 0) is 57.7 Å². The van der Waals surface area contributed by atoms with Crippen LogP contribution in [-0.2, 0) is 4.74 Å². The van der Waals surface area contributed by atoms with E-state index in [2.05, 4.69) is 28.2 Å². The van der Waals surface area contributed by atoms with E-state index in [1.165, 1.54) is 6.42 Å². The Bertz CT molecular complexity index is 672. The molecule has 150 valence electrons. The molecule has 1 N–H and O–H groups in total. The van der Waals surface area contributed by atoms with Gasteiger partial charge >= 0.3 is 6.09 Å². The molecule has 1 fully saturated rings. The van der Waals surface area contributed by atoms with E-state index in [1.54, 1.807) is 6.07 Å². The van der Waals surface area contributed by atoms with Crippen LogP contribution in [0.1, 0.15) is 50.9 Å². The summed E-state index contributed by atoms with van der Waals surface area (Å²) in [6, 6.07) is 5.37. The molecule has 1 aliphatic rings. The van der Waals surface area contributed by atoms with Crippen LogP contribution < -0.4 is 10.1 Å². The van der Waals surface area contributed by atoms with Gasteiger partial charge in [0.25, 0.3) is 5.91 Å². The number of nitrogens with zero attached hydrogens (tertiary/aromatic N) is 1. The summed E-state index contributed by atoms with van der Waals surface area (Å²) in [5.41, 5.74) is 0.0739. The Hall–Kier alpha value is -1.76. The van der Waals surface area contributed by atoms with Crippen LogP contribution in [0, 0.1) is 5.92 Å². The lowest BCUT2D eigenvalue weighted by atomic mass is 9.99. The molecule has 6 nitrogen and oxygen atoms in total. The molecular weight excluding hydrogens is 412 g/mol. The Labute approximate surface area is 169 Å². The number of benzene rings is 1. The molecule has 2 rings (SSSR count).